The zero-order valence-electron chi connectivity index (χ0n) is 15.0. The summed E-state index contributed by atoms with van der Waals surface area (Å²) in [6, 6.07) is 17.6. The number of halogens is 1. The van der Waals surface area contributed by atoms with Crippen LogP contribution in [-0.2, 0) is 6.42 Å². The van der Waals surface area contributed by atoms with Crippen molar-refractivity contribution in [1.29, 1.82) is 0 Å². The van der Waals surface area contributed by atoms with E-state index in [1.807, 2.05) is 23.9 Å². The zero-order chi connectivity index (χ0) is 17.9. The highest BCUT2D eigenvalue weighted by Crippen LogP contribution is 2.28. The third-order valence-corrected chi connectivity index (χ3v) is 5.89. The van der Waals surface area contributed by atoms with Crippen LogP contribution in [0.4, 0.5) is 10.2 Å². The van der Waals surface area contributed by atoms with Crippen LogP contribution in [0.2, 0.25) is 0 Å². The third-order valence-electron chi connectivity index (χ3n) is 4.95. The van der Waals surface area contributed by atoms with Crippen molar-refractivity contribution in [2.24, 2.45) is 0 Å². The minimum absolute atomic E-state index is 0.197. The summed E-state index contributed by atoms with van der Waals surface area (Å²) >= 11 is 2.01. The molecule has 26 heavy (non-hydrogen) atoms. The van der Waals surface area contributed by atoms with Gasteiger partial charge in [0.1, 0.15) is 11.6 Å². The van der Waals surface area contributed by atoms with E-state index >= 15 is 0 Å². The number of rotatable bonds is 4. The van der Waals surface area contributed by atoms with Crippen LogP contribution in [0.25, 0.3) is 5.69 Å². The van der Waals surface area contributed by atoms with Crippen LogP contribution in [0.15, 0.2) is 60.8 Å². The van der Waals surface area contributed by atoms with Gasteiger partial charge in [-0.2, -0.15) is 11.8 Å². The highest BCUT2D eigenvalue weighted by atomic mass is 32.2. The smallest absolute Gasteiger partial charge is 0.123 e. The molecule has 0 radical (unpaired) electrons. The molecule has 0 atom stereocenters. The first kappa shape index (κ1) is 17.2. The Balaban J connectivity index is 1.72. The van der Waals surface area contributed by atoms with E-state index in [2.05, 4.69) is 52.9 Å². The number of anilines is 1. The predicted octanol–water partition coefficient (Wildman–Crippen LogP) is 5.07. The monoisotopic (exact) mass is 366 g/mol. The standard InChI is InChI=1S/C22H23FN2S/c1-17-4-2-3-5-19(17)14-18-15-22(24-10-12-26-13-11-24)25(16-18)21-8-6-20(23)7-9-21/h2-9,15-16H,10-14H2,1H3. The number of hydrogen-bond acceptors (Lipinski definition) is 2. The van der Waals surface area contributed by atoms with Gasteiger partial charge in [0.25, 0.3) is 0 Å². The maximum Gasteiger partial charge on any atom is 0.123 e. The summed E-state index contributed by atoms with van der Waals surface area (Å²) in [5.74, 6) is 3.32. The van der Waals surface area contributed by atoms with Crippen molar-refractivity contribution in [3.63, 3.8) is 0 Å². The second kappa shape index (κ2) is 7.58. The molecule has 1 fully saturated rings. The SMILES string of the molecule is Cc1ccccc1Cc1cc(N2CCSCC2)n(-c2ccc(F)cc2)c1. The lowest BCUT2D eigenvalue weighted by atomic mass is 10.0. The average molecular weight is 367 g/mol. The number of aromatic nitrogens is 1. The van der Waals surface area contributed by atoms with Gasteiger partial charge in [0.05, 0.1) is 0 Å². The van der Waals surface area contributed by atoms with Crippen LogP contribution in [0.3, 0.4) is 0 Å². The molecule has 0 aliphatic carbocycles. The molecule has 2 heterocycles. The third kappa shape index (κ3) is 3.65. The Morgan fingerprint density at radius 2 is 1.73 bits per heavy atom. The fraction of sp³-hybridized carbons (Fsp3) is 0.273. The van der Waals surface area contributed by atoms with Gasteiger partial charge >= 0.3 is 0 Å². The molecule has 0 spiro atoms. The molecular weight excluding hydrogens is 343 g/mol. The summed E-state index contributed by atoms with van der Waals surface area (Å²) in [5, 5.41) is 0. The molecule has 0 N–H and O–H groups in total. The Labute approximate surface area is 158 Å². The molecular formula is C22H23FN2S. The summed E-state index contributed by atoms with van der Waals surface area (Å²) in [7, 11) is 0. The molecule has 0 amide bonds. The van der Waals surface area contributed by atoms with Crippen LogP contribution in [0.1, 0.15) is 16.7 Å². The van der Waals surface area contributed by atoms with Gasteiger partial charge in [-0.05, 0) is 60.4 Å². The van der Waals surface area contributed by atoms with E-state index < -0.39 is 0 Å². The van der Waals surface area contributed by atoms with E-state index in [9.17, 15) is 4.39 Å². The van der Waals surface area contributed by atoms with Crippen molar-refractivity contribution in [3.05, 3.63) is 83.3 Å². The highest BCUT2D eigenvalue weighted by molar-refractivity contribution is 7.99. The van der Waals surface area contributed by atoms with Crippen LogP contribution in [-0.4, -0.2) is 29.2 Å². The molecule has 2 aromatic carbocycles. The summed E-state index contributed by atoms with van der Waals surface area (Å²) in [6.45, 7) is 4.27. The van der Waals surface area contributed by atoms with Gasteiger partial charge in [-0.3, -0.25) is 0 Å². The first-order chi connectivity index (χ1) is 12.7. The first-order valence-corrected chi connectivity index (χ1v) is 10.2. The van der Waals surface area contributed by atoms with E-state index in [-0.39, 0.29) is 5.82 Å². The molecule has 134 valence electrons. The van der Waals surface area contributed by atoms with Gasteiger partial charge in [-0.25, -0.2) is 4.39 Å². The maximum absolute atomic E-state index is 13.4. The maximum atomic E-state index is 13.4. The van der Waals surface area contributed by atoms with E-state index in [1.165, 1.54) is 34.6 Å². The summed E-state index contributed by atoms with van der Waals surface area (Å²) in [4.78, 5) is 2.45. The predicted molar refractivity (Wildman–Crippen MR) is 109 cm³/mol. The van der Waals surface area contributed by atoms with Gasteiger partial charge in [-0.1, -0.05) is 24.3 Å². The molecule has 4 heteroatoms. The topological polar surface area (TPSA) is 8.17 Å². The Kier molecular flexibility index (Phi) is 5.02. The van der Waals surface area contributed by atoms with Crippen LogP contribution < -0.4 is 4.90 Å². The highest BCUT2D eigenvalue weighted by Gasteiger charge is 2.17. The number of thioether (sulfide) groups is 1. The minimum Gasteiger partial charge on any atom is -0.356 e. The molecule has 2 nitrogen and oxygen atoms in total. The van der Waals surface area contributed by atoms with Crippen LogP contribution in [0, 0.1) is 12.7 Å². The van der Waals surface area contributed by atoms with Gasteiger partial charge < -0.3 is 9.47 Å². The molecule has 1 aliphatic heterocycles. The largest absolute Gasteiger partial charge is 0.356 e. The van der Waals surface area contributed by atoms with E-state index in [4.69, 9.17) is 0 Å². The van der Waals surface area contributed by atoms with Crippen molar-refractivity contribution in [2.45, 2.75) is 13.3 Å². The fourth-order valence-electron chi connectivity index (χ4n) is 3.47. The molecule has 0 unspecified atom stereocenters. The molecule has 0 saturated carbocycles. The molecule has 4 rings (SSSR count). The summed E-state index contributed by atoms with van der Waals surface area (Å²) in [6.07, 6.45) is 3.12. The van der Waals surface area contributed by atoms with Crippen molar-refractivity contribution in [3.8, 4) is 5.69 Å². The van der Waals surface area contributed by atoms with Crippen molar-refractivity contribution in [2.75, 3.05) is 29.5 Å². The van der Waals surface area contributed by atoms with Gasteiger partial charge in [-0.15, -0.1) is 0 Å². The second-order valence-corrected chi connectivity index (χ2v) is 7.98. The number of hydrogen-bond donors (Lipinski definition) is 0. The van der Waals surface area contributed by atoms with Crippen molar-refractivity contribution >= 4 is 17.6 Å². The number of aryl methyl sites for hydroxylation is 1. The fourth-order valence-corrected chi connectivity index (χ4v) is 4.38. The Morgan fingerprint density at radius 1 is 1.00 bits per heavy atom. The van der Waals surface area contributed by atoms with E-state index in [0.29, 0.717) is 0 Å². The molecule has 1 aromatic heterocycles. The van der Waals surface area contributed by atoms with Crippen molar-refractivity contribution in [1.82, 2.24) is 4.57 Å². The molecule has 1 saturated heterocycles. The van der Waals surface area contributed by atoms with Gasteiger partial charge in [0, 0.05) is 36.5 Å². The Morgan fingerprint density at radius 3 is 2.46 bits per heavy atom. The second-order valence-electron chi connectivity index (χ2n) is 6.76. The first-order valence-electron chi connectivity index (χ1n) is 9.05. The van der Waals surface area contributed by atoms with E-state index in [1.54, 1.807) is 0 Å². The molecule has 0 bridgehead atoms. The van der Waals surface area contributed by atoms with Crippen LogP contribution >= 0.6 is 11.8 Å². The number of nitrogens with zero attached hydrogens (tertiary/aromatic N) is 2. The number of benzene rings is 2. The Bertz CT molecular complexity index is 879. The lowest BCUT2D eigenvalue weighted by molar-refractivity contribution is 0.627. The van der Waals surface area contributed by atoms with Crippen molar-refractivity contribution < 1.29 is 4.39 Å². The van der Waals surface area contributed by atoms with E-state index in [0.717, 1.165) is 36.7 Å². The normalized spacial score (nSPS) is 14.6. The average Bonchev–Trinajstić information content (AvgIpc) is 3.09. The molecule has 1 aliphatic rings. The van der Waals surface area contributed by atoms with Crippen LogP contribution in [0.5, 0.6) is 0 Å². The summed E-state index contributed by atoms with van der Waals surface area (Å²) in [5.41, 5.74) is 4.97. The zero-order valence-corrected chi connectivity index (χ0v) is 15.8. The van der Waals surface area contributed by atoms with Gasteiger partial charge in [0.15, 0.2) is 0 Å². The van der Waals surface area contributed by atoms with Gasteiger partial charge in [0.2, 0.25) is 0 Å². The minimum atomic E-state index is -0.197. The molecule has 3 aromatic rings. The summed E-state index contributed by atoms with van der Waals surface area (Å²) < 4.78 is 15.6. The Hall–Kier alpha value is -2.20. The lowest BCUT2D eigenvalue weighted by Crippen LogP contribution is -2.33. The quantitative estimate of drug-likeness (QED) is 0.637. The lowest BCUT2D eigenvalue weighted by Gasteiger charge is -2.29.